The minimum atomic E-state index is 0.106. The van der Waals surface area contributed by atoms with Gasteiger partial charge in [-0.25, -0.2) is 0 Å². The van der Waals surface area contributed by atoms with E-state index in [1.807, 2.05) is 0 Å². The molecule has 1 heteroatoms. The first kappa shape index (κ1) is 14.6. The van der Waals surface area contributed by atoms with Gasteiger partial charge in [0.05, 0.1) is 0 Å². The van der Waals surface area contributed by atoms with Crippen LogP contribution in [0.15, 0.2) is 60.7 Å². The molecule has 0 radical (unpaired) electrons. The van der Waals surface area contributed by atoms with E-state index in [-0.39, 0.29) is 5.41 Å². The summed E-state index contributed by atoms with van der Waals surface area (Å²) in [5, 5.41) is 3.67. The number of para-hydroxylation sites is 2. The van der Waals surface area contributed by atoms with Gasteiger partial charge in [0.15, 0.2) is 0 Å². The van der Waals surface area contributed by atoms with E-state index in [4.69, 9.17) is 0 Å². The van der Waals surface area contributed by atoms with Crippen molar-refractivity contribution in [1.82, 2.24) is 0 Å². The predicted molar refractivity (Wildman–Crippen MR) is 98.3 cm³/mol. The fourth-order valence-electron chi connectivity index (χ4n) is 5.22. The van der Waals surface area contributed by atoms with Gasteiger partial charge in [-0.15, -0.1) is 0 Å². The van der Waals surface area contributed by atoms with Gasteiger partial charge in [0.1, 0.15) is 0 Å². The number of nitrogens with one attached hydrogen (secondary N) is 1. The number of hydrogen-bond acceptors (Lipinski definition) is 1. The summed E-state index contributed by atoms with van der Waals surface area (Å²) in [5.41, 5.74) is 7.04. The minimum absolute atomic E-state index is 0.106. The summed E-state index contributed by atoms with van der Waals surface area (Å²) >= 11 is 0. The van der Waals surface area contributed by atoms with E-state index in [9.17, 15) is 0 Å². The van der Waals surface area contributed by atoms with Crippen molar-refractivity contribution in [2.24, 2.45) is 11.8 Å². The van der Waals surface area contributed by atoms with Gasteiger partial charge in [0.2, 0.25) is 0 Å². The fraction of sp³-hybridized carbons (Fsp3) is 0.364. The molecule has 1 aliphatic heterocycles. The van der Waals surface area contributed by atoms with Gasteiger partial charge in [-0.05, 0) is 47.9 Å². The van der Waals surface area contributed by atoms with Crippen molar-refractivity contribution in [3.8, 4) is 0 Å². The Hall–Kier alpha value is -2.02. The zero-order valence-corrected chi connectivity index (χ0v) is 14.1. The molecule has 118 valence electrons. The number of hydrogen-bond donors (Lipinski definition) is 1. The maximum atomic E-state index is 4.34. The summed E-state index contributed by atoms with van der Waals surface area (Å²) in [6.07, 6.45) is 3.45. The van der Waals surface area contributed by atoms with Crippen molar-refractivity contribution in [3.05, 3.63) is 71.8 Å². The summed E-state index contributed by atoms with van der Waals surface area (Å²) < 4.78 is 0. The maximum Gasteiger partial charge on any atom is 0.0426 e. The highest BCUT2D eigenvalue weighted by atomic mass is 14.9. The lowest BCUT2D eigenvalue weighted by atomic mass is 9.52. The highest BCUT2D eigenvalue weighted by molar-refractivity contribution is 5.76. The van der Waals surface area contributed by atoms with Crippen molar-refractivity contribution in [3.63, 3.8) is 0 Å². The maximum absolute atomic E-state index is 4.34. The zero-order valence-electron chi connectivity index (χ0n) is 14.1. The quantitative estimate of drug-likeness (QED) is 0.633. The van der Waals surface area contributed by atoms with Crippen molar-refractivity contribution in [2.45, 2.75) is 38.5 Å². The van der Waals surface area contributed by atoms with Crippen LogP contribution in [-0.2, 0) is 5.41 Å². The van der Waals surface area contributed by atoms with E-state index >= 15 is 0 Å². The Labute approximate surface area is 139 Å². The summed E-state index contributed by atoms with van der Waals surface area (Å²) in [5.74, 6) is 1.18. The zero-order chi connectivity index (χ0) is 16.0. The number of allylic oxidation sites excluding steroid dienone is 1. The molecule has 1 nitrogen and oxygen atoms in total. The number of fused-ring (bicyclic) bond motifs is 4. The van der Waals surface area contributed by atoms with Gasteiger partial charge < -0.3 is 5.32 Å². The van der Waals surface area contributed by atoms with Crippen molar-refractivity contribution in [2.75, 3.05) is 5.32 Å². The number of rotatable bonds is 1. The molecule has 2 unspecified atom stereocenters. The van der Waals surface area contributed by atoms with E-state index < -0.39 is 0 Å². The van der Waals surface area contributed by atoms with Crippen LogP contribution in [0.2, 0.25) is 0 Å². The molecule has 0 bridgehead atoms. The molecule has 2 aliphatic rings. The molecular weight excluding hydrogens is 278 g/mol. The van der Waals surface area contributed by atoms with Crippen LogP contribution in [0, 0.1) is 11.8 Å². The molecule has 2 aromatic rings. The van der Waals surface area contributed by atoms with Crippen molar-refractivity contribution >= 4 is 11.4 Å². The van der Waals surface area contributed by atoms with Gasteiger partial charge >= 0.3 is 0 Å². The number of benzene rings is 2. The van der Waals surface area contributed by atoms with Gasteiger partial charge in [0.25, 0.3) is 0 Å². The van der Waals surface area contributed by atoms with Crippen LogP contribution < -0.4 is 5.32 Å². The van der Waals surface area contributed by atoms with Crippen molar-refractivity contribution in [1.29, 1.82) is 0 Å². The Bertz CT molecular complexity index is 713. The fourth-order valence-corrected chi connectivity index (χ4v) is 5.22. The summed E-state index contributed by atoms with van der Waals surface area (Å²) in [6, 6.07) is 17.8. The van der Waals surface area contributed by atoms with E-state index in [1.165, 1.54) is 34.5 Å². The molecule has 0 saturated heterocycles. The Morgan fingerprint density at radius 1 is 1.00 bits per heavy atom. The summed E-state index contributed by atoms with van der Waals surface area (Å²) in [7, 11) is 0. The van der Waals surface area contributed by atoms with Crippen LogP contribution in [0.3, 0.4) is 0 Å². The molecule has 1 fully saturated rings. The van der Waals surface area contributed by atoms with Gasteiger partial charge in [-0.1, -0.05) is 68.8 Å². The second-order valence-corrected chi connectivity index (χ2v) is 7.25. The normalized spacial score (nSPS) is 24.7. The second kappa shape index (κ2) is 5.26. The van der Waals surface area contributed by atoms with Gasteiger partial charge in [-0.2, -0.15) is 0 Å². The SMILES string of the molecule is C=C1CC(C)C2(c3ccccc3Nc3ccccc32)C(CC)C1. The first-order chi connectivity index (χ1) is 11.2. The average molecular weight is 303 g/mol. The van der Waals surface area contributed by atoms with E-state index in [1.54, 1.807) is 0 Å². The molecule has 0 amide bonds. The monoisotopic (exact) mass is 303 g/mol. The second-order valence-electron chi connectivity index (χ2n) is 7.25. The van der Waals surface area contributed by atoms with E-state index in [0.29, 0.717) is 11.8 Å². The average Bonchev–Trinajstić information content (AvgIpc) is 2.57. The van der Waals surface area contributed by atoms with Crippen LogP contribution in [0.4, 0.5) is 11.4 Å². The summed E-state index contributed by atoms with van der Waals surface area (Å²) in [4.78, 5) is 0. The smallest absolute Gasteiger partial charge is 0.0426 e. The molecule has 1 spiro atoms. The third-order valence-corrected chi connectivity index (χ3v) is 6.06. The van der Waals surface area contributed by atoms with Crippen LogP contribution in [0.5, 0.6) is 0 Å². The molecule has 23 heavy (non-hydrogen) atoms. The highest BCUT2D eigenvalue weighted by Gasteiger charge is 2.51. The molecule has 0 aromatic heterocycles. The first-order valence-corrected chi connectivity index (χ1v) is 8.80. The lowest BCUT2D eigenvalue weighted by Crippen LogP contribution is -2.47. The molecule has 2 atom stereocenters. The minimum Gasteiger partial charge on any atom is -0.355 e. The lowest BCUT2D eigenvalue weighted by molar-refractivity contribution is 0.184. The third kappa shape index (κ3) is 1.92. The predicted octanol–water partition coefficient (Wildman–Crippen LogP) is 6.04. The molecule has 1 heterocycles. The largest absolute Gasteiger partial charge is 0.355 e. The van der Waals surface area contributed by atoms with Gasteiger partial charge in [0, 0.05) is 16.8 Å². The molecule has 1 aliphatic carbocycles. The van der Waals surface area contributed by atoms with E-state index in [2.05, 4.69) is 74.3 Å². The van der Waals surface area contributed by atoms with Crippen LogP contribution >= 0.6 is 0 Å². The molecular formula is C22H25N. The Morgan fingerprint density at radius 2 is 1.57 bits per heavy atom. The highest BCUT2D eigenvalue weighted by Crippen LogP contribution is 2.59. The van der Waals surface area contributed by atoms with Crippen LogP contribution in [0.25, 0.3) is 0 Å². The topological polar surface area (TPSA) is 12.0 Å². The number of anilines is 2. The van der Waals surface area contributed by atoms with E-state index in [0.717, 1.165) is 12.8 Å². The lowest BCUT2D eigenvalue weighted by Gasteiger charge is -2.53. The van der Waals surface area contributed by atoms with Crippen LogP contribution in [0.1, 0.15) is 44.2 Å². The molecule has 4 rings (SSSR count). The standard InChI is InChI=1S/C22H25N/c1-4-17-14-15(2)13-16(3)22(17)18-9-5-7-11-20(18)23-21-12-8-6-10-19(21)22/h5-12,16-17,23H,2,4,13-14H2,1,3H3. The van der Waals surface area contributed by atoms with Gasteiger partial charge in [-0.3, -0.25) is 0 Å². The van der Waals surface area contributed by atoms with Crippen molar-refractivity contribution < 1.29 is 0 Å². The molecule has 1 N–H and O–H groups in total. The first-order valence-electron chi connectivity index (χ1n) is 8.80. The third-order valence-electron chi connectivity index (χ3n) is 6.06. The van der Waals surface area contributed by atoms with Crippen LogP contribution in [-0.4, -0.2) is 0 Å². The molecule has 1 saturated carbocycles. The molecule has 2 aromatic carbocycles. The Kier molecular flexibility index (Phi) is 3.33. The Balaban J connectivity index is 2.04. The Morgan fingerprint density at radius 3 is 2.13 bits per heavy atom. The summed E-state index contributed by atoms with van der Waals surface area (Å²) in [6.45, 7) is 9.10.